The van der Waals surface area contributed by atoms with E-state index >= 15 is 0 Å². The third-order valence-electron chi connectivity index (χ3n) is 3.77. The molecule has 1 aromatic heterocycles. The Labute approximate surface area is 113 Å². The summed E-state index contributed by atoms with van der Waals surface area (Å²) in [5.74, 6) is 6.05. The third-order valence-corrected chi connectivity index (χ3v) is 3.77. The highest BCUT2D eigenvalue weighted by Gasteiger charge is 2.25. The fraction of sp³-hybridized carbons (Fsp3) is 0.615. The highest BCUT2D eigenvalue weighted by Crippen LogP contribution is 2.26. The monoisotopic (exact) mass is 263 g/mol. The van der Waals surface area contributed by atoms with Gasteiger partial charge in [0.05, 0.1) is 12.4 Å². The summed E-state index contributed by atoms with van der Waals surface area (Å²) in [6.07, 6.45) is 8.71. The molecule has 1 saturated carbocycles. The van der Waals surface area contributed by atoms with Crippen molar-refractivity contribution in [3.63, 3.8) is 0 Å². The van der Waals surface area contributed by atoms with Crippen molar-refractivity contribution >= 4 is 11.7 Å². The molecule has 0 radical (unpaired) electrons. The van der Waals surface area contributed by atoms with E-state index in [1.165, 1.54) is 31.7 Å². The largest absolute Gasteiger partial charge is 0.348 e. The van der Waals surface area contributed by atoms with Gasteiger partial charge in [0.2, 0.25) is 0 Å². The van der Waals surface area contributed by atoms with E-state index in [9.17, 15) is 4.79 Å². The summed E-state index contributed by atoms with van der Waals surface area (Å²) in [6.45, 7) is 2.17. The first-order chi connectivity index (χ1) is 9.24. The number of nitrogens with two attached hydrogens (primary N) is 1. The van der Waals surface area contributed by atoms with E-state index < -0.39 is 0 Å². The summed E-state index contributed by atoms with van der Waals surface area (Å²) >= 11 is 0. The van der Waals surface area contributed by atoms with Crippen molar-refractivity contribution in [2.24, 2.45) is 11.8 Å². The van der Waals surface area contributed by atoms with Gasteiger partial charge in [-0.2, -0.15) is 0 Å². The first-order valence-electron chi connectivity index (χ1n) is 6.84. The summed E-state index contributed by atoms with van der Waals surface area (Å²) in [5.41, 5.74) is 2.69. The number of amides is 1. The molecule has 1 heterocycles. The van der Waals surface area contributed by atoms with Gasteiger partial charge in [0, 0.05) is 6.04 Å². The minimum absolute atomic E-state index is 0.171. The SMILES string of the molecule is CCC1CCCCC1NC(=O)c1cncc(NN)n1. The number of hydrogen-bond donors (Lipinski definition) is 3. The first-order valence-corrected chi connectivity index (χ1v) is 6.84. The Kier molecular flexibility index (Phi) is 4.68. The van der Waals surface area contributed by atoms with Crippen molar-refractivity contribution in [2.45, 2.75) is 45.1 Å². The molecular weight excluding hydrogens is 242 g/mol. The van der Waals surface area contributed by atoms with Crippen LogP contribution in [0.5, 0.6) is 0 Å². The van der Waals surface area contributed by atoms with E-state index in [1.807, 2.05) is 0 Å². The Balaban J connectivity index is 2.02. The number of nitrogens with zero attached hydrogens (tertiary/aromatic N) is 2. The average Bonchev–Trinajstić information content (AvgIpc) is 2.47. The van der Waals surface area contributed by atoms with Gasteiger partial charge in [-0.05, 0) is 18.8 Å². The number of carbonyl (C=O) groups excluding carboxylic acids is 1. The maximum Gasteiger partial charge on any atom is 0.271 e. The Morgan fingerprint density at radius 2 is 2.21 bits per heavy atom. The number of hydrogen-bond acceptors (Lipinski definition) is 5. The molecule has 2 unspecified atom stereocenters. The molecule has 1 amide bonds. The van der Waals surface area contributed by atoms with E-state index in [-0.39, 0.29) is 11.9 Å². The van der Waals surface area contributed by atoms with Crippen LogP contribution in [0.15, 0.2) is 12.4 Å². The summed E-state index contributed by atoms with van der Waals surface area (Å²) in [7, 11) is 0. The van der Waals surface area contributed by atoms with Crippen molar-refractivity contribution in [1.82, 2.24) is 15.3 Å². The lowest BCUT2D eigenvalue weighted by Crippen LogP contribution is -2.42. The molecule has 1 fully saturated rings. The molecule has 1 aromatic rings. The van der Waals surface area contributed by atoms with Gasteiger partial charge in [-0.25, -0.2) is 10.8 Å². The molecule has 6 heteroatoms. The Hall–Kier alpha value is -1.69. The van der Waals surface area contributed by atoms with Crippen LogP contribution in [0.2, 0.25) is 0 Å². The summed E-state index contributed by atoms with van der Waals surface area (Å²) in [5, 5.41) is 3.08. The van der Waals surface area contributed by atoms with Crippen molar-refractivity contribution in [2.75, 3.05) is 5.43 Å². The molecule has 4 N–H and O–H groups in total. The number of hydrazine groups is 1. The van der Waals surface area contributed by atoms with Crippen LogP contribution in [-0.2, 0) is 0 Å². The number of nitrogen functional groups attached to an aromatic ring is 1. The fourth-order valence-corrected chi connectivity index (χ4v) is 2.67. The molecule has 1 aliphatic rings. The van der Waals surface area contributed by atoms with Gasteiger partial charge in [0.15, 0.2) is 5.82 Å². The Morgan fingerprint density at radius 1 is 1.42 bits per heavy atom. The van der Waals surface area contributed by atoms with Crippen LogP contribution in [0.1, 0.15) is 49.5 Å². The number of nitrogens with one attached hydrogen (secondary N) is 2. The number of anilines is 1. The standard InChI is InChI=1S/C13H21N5O/c1-2-9-5-3-4-6-10(9)17-13(19)11-7-15-8-12(16-11)18-14/h7-10H,2-6,14H2,1H3,(H,16,18)(H,17,19). The van der Waals surface area contributed by atoms with Crippen LogP contribution in [0, 0.1) is 5.92 Å². The lowest BCUT2D eigenvalue weighted by Gasteiger charge is -2.31. The molecule has 104 valence electrons. The van der Waals surface area contributed by atoms with Gasteiger partial charge in [0.1, 0.15) is 5.69 Å². The van der Waals surface area contributed by atoms with Gasteiger partial charge in [-0.3, -0.25) is 9.78 Å². The van der Waals surface area contributed by atoms with Gasteiger partial charge in [0.25, 0.3) is 5.91 Å². The Bertz CT molecular complexity index is 437. The highest BCUT2D eigenvalue weighted by atomic mass is 16.2. The summed E-state index contributed by atoms with van der Waals surface area (Å²) in [6, 6.07) is 0.252. The van der Waals surface area contributed by atoms with Gasteiger partial charge < -0.3 is 10.7 Å². The van der Waals surface area contributed by atoms with Crippen LogP contribution in [0.3, 0.4) is 0 Å². The number of rotatable bonds is 4. The zero-order valence-corrected chi connectivity index (χ0v) is 11.2. The lowest BCUT2D eigenvalue weighted by atomic mass is 9.83. The van der Waals surface area contributed by atoms with Crippen LogP contribution in [-0.4, -0.2) is 21.9 Å². The second-order valence-electron chi connectivity index (χ2n) is 4.97. The molecular formula is C13H21N5O. The molecule has 0 aromatic carbocycles. The summed E-state index contributed by atoms with van der Waals surface area (Å²) in [4.78, 5) is 20.2. The minimum atomic E-state index is -0.171. The quantitative estimate of drug-likeness (QED) is 0.565. The van der Waals surface area contributed by atoms with E-state index in [0.717, 1.165) is 12.8 Å². The molecule has 19 heavy (non-hydrogen) atoms. The minimum Gasteiger partial charge on any atom is -0.348 e. The van der Waals surface area contributed by atoms with E-state index in [0.29, 0.717) is 17.4 Å². The van der Waals surface area contributed by atoms with Crippen LogP contribution in [0.25, 0.3) is 0 Å². The van der Waals surface area contributed by atoms with Crippen LogP contribution >= 0.6 is 0 Å². The normalized spacial score (nSPS) is 22.8. The zero-order chi connectivity index (χ0) is 13.7. The van der Waals surface area contributed by atoms with E-state index in [2.05, 4.69) is 27.6 Å². The third kappa shape index (κ3) is 3.41. The van der Waals surface area contributed by atoms with Crippen molar-refractivity contribution in [3.05, 3.63) is 18.1 Å². The van der Waals surface area contributed by atoms with Crippen molar-refractivity contribution < 1.29 is 4.79 Å². The van der Waals surface area contributed by atoms with Crippen molar-refractivity contribution in [1.29, 1.82) is 0 Å². The second kappa shape index (κ2) is 6.47. The van der Waals surface area contributed by atoms with Gasteiger partial charge in [-0.1, -0.05) is 26.2 Å². The maximum atomic E-state index is 12.2. The molecule has 6 nitrogen and oxygen atoms in total. The molecule has 0 saturated heterocycles. The van der Waals surface area contributed by atoms with Crippen molar-refractivity contribution in [3.8, 4) is 0 Å². The second-order valence-corrected chi connectivity index (χ2v) is 4.97. The van der Waals surface area contributed by atoms with Gasteiger partial charge in [-0.15, -0.1) is 0 Å². The fourth-order valence-electron chi connectivity index (χ4n) is 2.67. The zero-order valence-electron chi connectivity index (χ0n) is 11.2. The molecule has 2 rings (SSSR count). The smallest absolute Gasteiger partial charge is 0.271 e. The highest BCUT2D eigenvalue weighted by molar-refractivity contribution is 5.92. The number of carbonyl (C=O) groups is 1. The van der Waals surface area contributed by atoms with Gasteiger partial charge >= 0.3 is 0 Å². The average molecular weight is 263 g/mol. The predicted octanol–water partition coefficient (Wildman–Crippen LogP) is 1.46. The van der Waals surface area contributed by atoms with Crippen LogP contribution < -0.4 is 16.6 Å². The van der Waals surface area contributed by atoms with E-state index in [1.54, 1.807) is 0 Å². The topological polar surface area (TPSA) is 92.9 Å². The molecule has 0 spiro atoms. The molecule has 0 bridgehead atoms. The van der Waals surface area contributed by atoms with E-state index in [4.69, 9.17) is 5.84 Å². The Morgan fingerprint density at radius 3 is 2.95 bits per heavy atom. The molecule has 0 aliphatic heterocycles. The first kappa shape index (κ1) is 13.7. The maximum absolute atomic E-state index is 12.2. The van der Waals surface area contributed by atoms with Crippen LogP contribution in [0.4, 0.5) is 5.82 Å². The number of aromatic nitrogens is 2. The molecule has 2 atom stereocenters. The molecule has 1 aliphatic carbocycles. The lowest BCUT2D eigenvalue weighted by molar-refractivity contribution is 0.0899. The summed E-state index contributed by atoms with van der Waals surface area (Å²) < 4.78 is 0. The predicted molar refractivity (Wildman–Crippen MR) is 73.3 cm³/mol.